The molecule has 0 aliphatic heterocycles. The van der Waals surface area contributed by atoms with Crippen molar-refractivity contribution >= 4 is 15.7 Å². The Morgan fingerprint density at radius 3 is 2.29 bits per heavy atom. The molecule has 0 heterocycles. The molecule has 0 aromatic heterocycles. The summed E-state index contributed by atoms with van der Waals surface area (Å²) in [6.07, 6.45) is -0.658. The number of hydrogen-bond donors (Lipinski definition) is 2. The van der Waals surface area contributed by atoms with E-state index in [2.05, 4.69) is 4.72 Å². The van der Waals surface area contributed by atoms with Crippen molar-refractivity contribution in [3.8, 4) is 0 Å². The zero-order valence-electron chi connectivity index (χ0n) is 11.7. The van der Waals surface area contributed by atoms with E-state index in [0.29, 0.717) is 16.8 Å². The Morgan fingerprint density at radius 1 is 1.14 bits per heavy atom. The number of aryl methyl sites for hydroxylation is 1. The summed E-state index contributed by atoms with van der Waals surface area (Å²) in [6, 6.07) is 9.78. The lowest BCUT2D eigenvalue weighted by atomic mass is 10.1. The van der Waals surface area contributed by atoms with Crippen molar-refractivity contribution in [2.45, 2.75) is 24.8 Å². The molecule has 0 saturated carbocycles. The molecule has 21 heavy (non-hydrogen) atoms. The van der Waals surface area contributed by atoms with Gasteiger partial charge in [0.25, 0.3) is 10.0 Å². The van der Waals surface area contributed by atoms with Crippen LogP contribution in [0.4, 0.5) is 10.1 Å². The summed E-state index contributed by atoms with van der Waals surface area (Å²) in [4.78, 5) is 0.0793. The van der Waals surface area contributed by atoms with Crippen LogP contribution < -0.4 is 4.72 Å². The van der Waals surface area contributed by atoms with Crippen molar-refractivity contribution < 1.29 is 17.9 Å². The summed E-state index contributed by atoms with van der Waals surface area (Å²) in [5.74, 6) is -0.420. The van der Waals surface area contributed by atoms with Crippen LogP contribution in [0.2, 0.25) is 0 Å². The third-order valence-corrected chi connectivity index (χ3v) is 4.49. The maximum atomic E-state index is 13.0. The van der Waals surface area contributed by atoms with Gasteiger partial charge in [-0.05, 0) is 55.3 Å². The minimum absolute atomic E-state index is 0.0793. The van der Waals surface area contributed by atoms with Gasteiger partial charge in [0, 0.05) is 0 Å². The Kier molecular flexibility index (Phi) is 4.29. The molecule has 2 aromatic rings. The standard InChI is InChI=1S/C15H16FNO3S/c1-10-9-13(16)5-8-15(10)17-21(19,20)14-6-3-12(4-7-14)11(2)18/h3-9,11,17-18H,1-2H3. The summed E-state index contributed by atoms with van der Waals surface area (Å²) in [5.41, 5.74) is 1.46. The molecular formula is C15H16FNO3S. The van der Waals surface area contributed by atoms with Gasteiger partial charge in [0.15, 0.2) is 0 Å². The fourth-order valence-corrected chi connectivity index (χ4v) is 3.00. The molecule has 2 rings (SSSR count). The number of benzene rings is 2. The second kappa shape index (κ2) is 5.83. The molecule has 0 spiro atoms. The van der Waals surface area contributed by atoms with Crippen molar-refractivity contribution in [2.75, 3.05) is 4.72 Å². The molecule has 1 atom stereocenters. The third kappa shape index (κ3) is 3.59. The summed E-state index contributed by atoms with van der Waals surface area (Å²) >= 11 is 0. The Balaban J connectivity index is 2.29. The maximum absolute atomic E-state index is 13.0. The van der Waals surface area contributed by atoms with E-state index in [1.54, 1.807) is 26.0 Å². The molecule has 112 valence electrons. The quantitative estimate of drug-likeness (QED) is 0.912. The minimum Gasteiger partial charge on any atom is -0.389 e. The highest BCUT2D eigenvalue weighted by Gasteiger charge is 2.15. The van der Waals surface area contributed by atoms with E-state index in [9.17, 15) is 17.9 Å². The molecule has 6 heteroatoms. The number of nitrogens with one attached hydrogen (secondary N) is 1. The molecule has 0 bridgehead atoms. The molecule has 0 saturated heterocycles. The van der Waals surface area contributed by atoms with Crippen molar-refractivity contribution in [2.24, 2.45) is 0 Å². The predicted molar refractivity (Wildman–Crippen MR) is 79.0 cm³/mol. The van der Waals surface area contributed by atoms with E-state index >= 15 is 0 Å². The third-order valence-electron chi connectivity index (χ3n) is 3.11. The molecule has 2 N–H and O–H groups in total. The average molecular weight is 309 g/mol. The van der Waals surface area contributed by atoms with Crippen molar-refractivity contribution in [1.29, 1.82) is 0 Å². The predicted octanol–water partition coefficient (Wildman–Crippen LogP) is 2.99. The van der Waals surface area contributed by atoms with Crippen LogP contribution in [0, 0.1) is 12.7 Å². The number of hydrogen-bond acceptors (Lipinski definition) is 3. The van der Waals surface area contributed by atoms with Gasteiger partial charge in [0.05, 0.1) is 16.7 Å². The van der Waals surface area contributed by atoms with Gasteiger partial charge >= 0.3 is 0 Å². The van der Waals surface area contributed by atoms with Crippen LogP contribution in [0.3, 0.4) is 0 Å². The fraction of sp³-hybridized carbons (Fsp3) is 0.200. The molecular weight excluding hydrogens is 293 g/mol. The Bertz CT molecular complexity index is 740. The molecule has 0 aliphatic carbocycles. The smallest absolute Gasteiger partial charge is 0.261 e. The summed E-state index contributed by atoms with van der Waals surface area (Å²) in [7, 11) is -3.75. The van der Waals surface area contributed by atoms with Gasteiger partial charge in [-0.15, -0.1) is 0 Å². The minimum atomic E-state index is -3.75. The monoisotopic (exact) mass is 309 g/mol. The normalized spacial score (nSPS) is 13.0. The molecule has 0 fully saturated rings. The van der Waals surface area contributed by atoms with Crippen LogP contribution in [-0.2, 0) is 10.0 Å². The zero-order chi connectivity index (χ0) is 15.6. The lowest BCUT2D eigenvalue weighted by Gasteiger charge is -2.11. The van der Waals surface area contributed by atoms with Crippen LogP contribution in [0.25, 0.3) is 0 Å². The molecule has 4 nitrogen and oxygen atoms in total. The Labute approximate surface area is 123 Å². The summed E-state index contributed by atoms with van der Waals surface area (Å²) < 4.78 is 39.9. The second-order valence-electron chi connectivity index (χ2n) is 4.81. The lowest BCUT2D eigenvalue weighted by Crippen LogP contribution is -2.14. The van der Waals surface area contributed by atoms with E-state index in [0.717, 1.165) is 0 Å². The van der Waals surface area contributed by atoms with Gasteiger partial charge in [0.1, 0.15) is 5.82 Å². The van der Waals surface area contributed by atoms with E-state index < -0.39 is 21.9 Å². The van der Waals surface area contributed by atoms with Gasteiger partial charge in [-0.3, -0.25) is 4.72 Å². The molecule has 0 radical (unpaired) electrons. The van der Waals surface area contributed by atoms with E-state index in [1.807, 2.05) is 0 Å². The van der Waals surface area contributed by atoms with Crippen molar-refractivity contribution in [1.82, 2.24) is 0 Å². The van der Waals surface area contributed by atoms with Crippen LogP contribution in [-0.4, -0.2) is 13.5 Å². The fourth-order valence-electron chi connectivity index (χ4n) is 1.87. The zero-order valence-corrected chi connectivity index (χ0v) is 12.5. The van der Waals surface area contributed by atoms with E-state index in [-0.39, 0.29) is 4.90 Å². The van der Waals surface area contributed by atoms with Crippen LogP contribution >= 0.6 is 0 Å². The molecule has 0 aliphatic rings. The molecule has 1 unspecified atom stereocenters. The first-order valence-corrected chi connectivity index (χ1v) is 7.85. The Hall–Kier alpha value is -1.92. The number of rotatable bonds is 4. The van der Waals surface area contributed by atoms with Crippen LogP contribution in [0.5, 0.6) is 0 Å². The summed E-state index contributed by atoms with van der Waals surface area (Å²) in [6.45, 7) is 3.22. The number of anilines is 1. The van der Waals surface area contributed by atoms with Crippen molar-refractivity contribution in [3.05, 3.63) is 59.4 Å². The first-order chi connectivity index (χ1) is 9.79. The van der Waals surface area contributed by atoms with E-state index in [4.69, 9.17) is 0 Å². The van der Waals surface area contributed by atoms with Crippen LogP contribution in [0.15, 0.2) is 47.4 Å². The largest absolute Gasteiger partial charge is 0.389 e. The van der Waals surface area contributed by atoms with Gasteiger partial charge in [-0.1, -0.05) is 12.1 Å². The highest BCUT2D eigenvalue weighted by molar-refractivity contribution is 7.92. The molecule has 0 amide bonds. The van der Waals surface area contributed by atoms with Gasteiger partial charge < -0.3 is 5.11 Å². The van der Waals surface area contributed by atoms with Gasteiger partial charge in [-0.25, -0.2) is 12.8 Å². The lowest BCUT2D eigenvalue weighted by molar-refractivity contribution is 0.199. The van der Waals surface area contributed by atoms with Crippen LogP contribution in [0.1, 0.15) is 24.2 Å². The Morgan fingerprint density at radius 2 is 1.76 bits per heavy atom. The van der Waals surface area contributed by atoms with Gasteiger partial charge in [-0.2, -0.15) is 0 Å². The van der Waals surface area contributed by atoms with Crippen molar-refractivity contribution in [3.63, 3.8) is 0 Å². The van der Waals surface area contributed by atoms with Gasteiger partial charge in [0.2, 0.25) is 0 Å². The maximum Gasteiger partial charge on any atom is 0.261 e. The summed E-state index contributed by atoms with van der Waals surface area (Å²) in [5, 5.41) is 9.41. The second-order valence-corrected chi connectivity index (χ2v) is 6.49. The number of aliphatic hydroxyl groups is 1. The number of sulfonamides is 1. The first-order valence-electron chi connectivity index (χ1n) is 6.36. The molecule has 2 aromatic carbocycles. The highest BCUT2D eigenvalue weighted by Crippen LogP contribution is 2.21. The highest BCUT2D eigenvalue weighted by atomic mass is 32.2. The van der Waals surface area contributed by atoms with E-state index in [1.165, 1.54) is 30.3 Å². The average Bonchev–Trinajstić information content (AvgIpc) is 2.42. The number of aliphatic hydroxyl groups excluding tert-OH is 1. The first kappa shape index (κ1) is 15.5. The SMILES string of the molecule is Cc1cc(F)ccc1NS(=O)(=O)c1ccc(C(C)O)cc1. The number of halogens is 1. The topological polar surface area (TPSA) is 66.4 Å².